The van der Waals surface area contributed by atoms with E-state index in [-0.39, 0.29) is 10.7 Å². The number of nitrogens with one attached hydrogen (secondary N) is 1. The number of hydrogen-bond acceptors (Lipinski definition) is 7. The third-order valence-corrected chi connectivity index (χ3v) is 7.57. The fraction of sp³-hybridized carbons (Fsp3) is 0.400. The second-order valence-electron chi connectivity index (χ2n) is 7.04. The van der Waals surface area contributed by atoms with Crippen LogP contribution in [-0.4, -0.2) is 47.3 Å². The number of ether oxygens (including phenoxy) is 2. The van der Waals surface area contributed by atoms with E-state index in [1.54, 1.807) is 0 Å². The van der Waals surface area contributed by atoms with E-state index in [0.717, 1.165) is 46.7 Å². The van der Waals surface area contributed by atoms with Crippen molar-refractivity contribution in [3.05, 3.63) is 39.2 Å². The normalized spacial score (nSPS) is 13.3. The lowest BCUT2D eigenvalue weighted by molar-refractivity contribution is -0.114. The van der Waals surface area contributed by atoms with E-state index in [4.69, 9.17) is 21.1 Å². The van der Waals surface area contributed by atoms with Gasteiger partial charge in [-0.15, -0.1) is 11.3 Å². The number of amides is 1. The first kappa shape index (κ1) is 23.4. The van der Waals surface area contributed by atoms with Gasteiger partial charge in [-0.1, -0.05) is 11.6 Å². The molecule has 0 saturated heterocycles. The van der Waals surface area contributed by atoms with Crippen molar-refractivity contribution in [2.24, 2.45) is 0 Å². The van der Waals surface area contributed by atoms with Gasteiger partial charge in [0.05, 0.1) is 36.7 Å². The van der Waals surface area contributed by atoms with Gasteiger partial charge in [-0.05, 0) is 49.4 Å². The predicted octanol–water partition coefficient (Wildman–Crippen LogP) is 3.48. The molecule has 0 fully saturated rings. The minimum absolute atomic E-state index is 0.216. The molecule has 2 aromatic rings. The van der Waals surface area contributed by atoms with E-state index < -0.39 is 28.4 Å². The zero-order valence-corrected chi connectivity index (χ0v) is 19.7. The molecule has 31 heavy (non-hydrogen) atoms. The number of anilines is 2. The number of nitrogens with zero attached hydrogens (tertiary/aromatic N) is 1. The van der Waals surface area contributed by atoms with Crippen LogP contribution in [0.25, 0.3) is 0 Å². The topological polar surface area (TPSA) is 102 Å². The van der Waals surface area contributed by atoms with Gasteiger partial charge >= 0.3 is 5.97 Å². The number of rotatable bonds is 7. The maximum atomic E-state index is 12.8. The van der Waals surface area contributed by atoms with Crippen molar-refractivity contribution >= 4 is 55.5 Å². The predicted molar refractivity (Wildman–Crippen MR) is 121 cm³/mol. The smallest absolute Gasteiger partial charge is 0.341 e. The largest absolute Gasteiger partial charge is 0.495 e. The van der Waals surface area contributed by atoms with Crippen LogP contribution in [0.15, 0.2) is 18.2 Å². The van der Waals surface area contributed by atoms with Gasteiger partial charge in [0.1, 0.15) is 17.3 Å². The molecule has 0 aliphatic heterocycles. The van der Waals surface area contributed by atoms with Gasteiger partial charge in [0.25, 0.3) is 0 Å². The molecule has 1 amide bonds. The molecule has 1 aliphatic carbocycles. The van der Waals surface area contributed by atoms with E-state index in [0.29, 0.717) is 16.3 Å². The molecule has 0 saturated carbocycles. The number of aryl methyl sites for hydroxylation is 1. The Morgan fingerprint density at radius 3 is 2.55 bits per heavy atom. The molecular weight excluding hydrogens is 464 g/mol. The highest BCUT2D eigenvalue weighted by Gasteiger charge is 2.28. The summed E-state index contributed by atoms with van der Waals surface area (Å²) in [4.78, 5) is 26.2. The molecule has 0 atom stereocenters. The number of fused-ring (bicyclic) bond motifs is 1. The number of thiophene rings is 1. The van der Waals surface area contributed by atoms with Crippen LogP contribution in [0, 0.1) is 0 Å². The Bertz CT molecular complexity index is 1110. The van der Waals surface area contributed by atoms with Gasteiger partial charge in [-0.25, -0.2) is 13.2 Å². The van der Waals surface area contributed by atoms with E-state index >= 15 is 0 Å². The Morgan fingerprint density at radius 1 is 1.23 bits per heavy atom. The van der Waals surface area contributed by atoms with E-state index in [1.807, 2.05) is 0 Å². The Kier molecular flexibility index (Phi) is 7.13. The van der Waals surface area contributed by atoms with Crippen molar-refractivity contribution in [1.29, 1.82) is 0 Å². The van der Waals surface area contributed by atoms with Crippen molar-refractivity contribution < 1.29 is 27.5 Å². The van der Waals surface area contributed by atoms with Crippen molar-refractivity contribution in [1.82, 2.24) is 0 Å². The van der Waals surface area contributed by atoms with Gasteiger partial charge < -0.3 is 14.8 Å². The summed E-state index contributed by atoms with van der Waals surface area (Å²) in [6, 6.07) is 4.44. The number of carbonyl (C=O) groups excluding carboxylic acids is 2. The van der Waals surface area contributed by atoms with Crippen LogP contribution in [0.4, 0.5) is 10.7 Å². The average molecular weight is 487 g/mol. The zero-order valence-electron chi connectivity index (χ0n) is 17.4. The number of esters is 1. The summed E-state index contributed by atoms with van der Waals surface area (Å²) in [5, 5.41) is 3.30. The fourth-order valence-electron chi connectivity index (χ4n) is 3.48. The van der Waals surface area contributed by atoms with E-state index in [2.05, 4.69) is 5.32 Å². The van der Waals surface area contributed by atoms with Crippen LogP contribution in [-0.2, 0) is 32.4 Å². The monoisotopic (exact) mass is 486 g/mol. The third kappa shape index (κ3) is 5.13. The third-order valence-electron chi connectivity index (χ3n) is 4.92. The molecule has 3 rings (SSSR count). The zero-order chi connectivity index (χ0) is 22.8. The van der Waals surface area contributed by atoms with Crippen LogP contribution < -0.4 is 14.4 Å². The lowest BCUT2D eigenvalue weighted by Crippen LogP contribution is -2.37. The van der Waals surface area contributed by atoms with Gasteiger partial charge in [0.2, 0.25) is 15.9 Å². The van der Waals surface area contributed by atoms with Crippen molar-refractivity contribution in [2.45, 2.75) is 25.7 Å². The van der Waals surface area contributed by atoms with Gasteiger partial charge in [-0.2, -0.15) is 0 Å². The molecule has 1 aliphatic rings. The molecule has 1 heterocycles. The summed E-state index contributed by atoms with van der Waals surface area (Å²) in [5.74, 6) is -0.715. The molecule has 0 radical (unpaired) electrons. The standard InChI is InChI=1S/C20H23ClN2O6S2/c1-28-15-9-8-12(10-14(15)21)23(31(3,26)27)11-17(24)22-19-18(20(25)29-2)13-6-4-5-7-16(13)30-19/h8-10H,4-7,11H2,1-3H3,(H,22,24). The lowest BCUT2D eigenvalue weighted by Gasteiger charge is -2.22. The number of sulfonamides is 1. The Hall–Kier alpha value is -2.30. The molecule has 0 unspecified atom stereocenters. The maximum Gasteiger partial charge on any atom is 0.341 e. The summed E-state index contributed by atoms with van der Waals surface area (Å²) >= 11 is 7.46. The SMILES string of the molecule is COC(=O)c1c(NC(=O)CN(c2ccc(OC)c(Cl)c2)S(C)(=O)=O)sc2c1CCCC2. The van der Waals surface area contributed by atoms with Crippen LogP contribution in [0.2, 0.25) is 5.02 Å². The minimum atomic E-state index is -3.79. The van der Waals surface area contributed by atoms with Gasteiger partial charge in [0, 0.05) is 4.88 Å². The Morgan fingerprint density at radius 2 is 1.94 bits per heavy atom. The molecular formula is C20H23ClN2O6S2. The summed E-state index contributed by atoms with van der Waals surface area (Å²) < 4.78 is 35.7. The number of carbonyl (C=O) groups is 2. The second-order valence-corrected chi connectivity index (χ2v) is 10.5. The quantitative estimate of drug-likeness (QED) is 0.601. The van der Waals surface area contributed by atoms with Crippen LogP contribution >= 0.6 is 22.9 Å². The maximum absolute atomic E-state index is 12.8. The van der Waals surface area contributed by atoms with Crippen LogP contribution in [0.3, 0.4) is 0 Å². The molecule has 168 valence electrons. The highest BCUT2D eigenvalue weighted by atomic mass is 35.5. The van der Waals surface area contributed by atoms with E-state index in [1.165, 1.54) is 43.8 Å². The Balaban J connectivity index is 1.88. The first-order chi connectivity index (χ1) is 14.7. The van der Waals surface area contributed by atoms with Crippen LogP contribution in [0.5, 0.6) is 5.75 Å². The van der Waals surface area contributed by atoms with Crippen molar-refractivity contribution in [2.75, 3.05) is 36.6 Å². The van der Waals surface area contributed by atoms with Gasteiger partial charge in [-0.3, -0.25) is 9.10 Å². The number of hydrogen-bond donors (Lipinski definition) is 1. The second kappa shape index (κ2) is 9.46. The summed E-state index contributed by atoms with van der Waals surface area (Å²) in [6.45, 7) is -0.481. The molecule has 1 aromatic heterocycles. The molecule has 8 nitrogen and oxygen atoms in total. The average Bonchev–Trinajstić information content (AvgIpc) is 3.08. The van der Waals surface area contributed by atoms with Crippen molar-refractivity contribution in [3.63, 3.8) is 0 Å². The number of benzene rings is 1. The first-order valence-corrected chi connectivity index (χ1v) is 12.5. The summed E-state index contributed by atoms with van der Waals surface area (Å²) in [5.41, 5.74) is 1.48. The highest BCUT2D eigenvalue weighted by Crippen LogP contribution is 2.38. The van der Waals surface area contributed by atoms with Crippen LogP contribution in [0.1, 0.15) is 33.6 Å². The lowest BCUT2D eigenvalue weighted by atomic mass is 9.95. The molecule has 1 aromatic carbocycles. The summed E-state index contributed by atoms with van der Waals surface area (Å²) in [6.07, 6.45) is 4.55. The molecule has 0 bridgehead atoms. The molecule has 0 spiro atoms. The summed E-state index contributed by atoms with van der Waals surface area (Å²) in [7, 11) is -1.05. The first-order valence-electron chi connectivity index (χ1n) is 9.49. The molecule has 1 N–H and O–H groups in total. The van der Waals surface area contributed by atoms with Crippen molar-refractivity contribution in [3.8, 4) is 5.75 Å². The van der Waals surface area contributed by atoms with E-state index in [9.17, 15) is 18.0 Å². The molecule has 11 heteroatoms. The minimum Gasteiger partial charge on any atom is -0.495 e. The number of halogens is 1. The highest BCUT2D eigenvalue weighted by molar-refractivity contribution is 7.92. The fourth-order valence-corrected chi connectivity index (χ4v) is 5.87. The number of methoxy groups -OCH3 is 2. The Labute approximate surface area is 190 Å². The van der Waals surface area contributed by atoms with Gasteiger partial charge in [0.15, 0.2) is 0 Å².